The van der Waals surface area contributed by atoms with Crippen LogP contribution in [0, 0.1) is 0 Å². The molecule has 0 saturated heterocycles. The molecule has 64 heavy (non-hydrogen) atoms. The van der Waals surface area contributed by atoms with Gasteiger partial charge in [-0.05, 0) is 64.2 Å². The van der Waals surface area contributed by atoms with Crippen LogP contribution in [0.1, 0.15) is 206 Å². The van der Waals surface area contributed by atoms with Crippen molar-refractivity contribution < 1.29 is 134 Å². The summed E-state index contributed by atoms with van der Waals surface area (Å²) in [7, 11) is -10.0. The fraction of sp³-hybridized carbons (Fsp3) is 0.773. The van der Waals surface area contributed by atoms with Crippen LogP contribution >= 0.6 is 0 Å². The number of carbonyl (C=O) groups is 6. The second-order valence-corrected chi connectivity index (χ2v) is 18.6. The number of unbranched alkanes of at least 4 members (excludes halogenated alkanes) is 22. The second kappa shape index (κ2) is 45.3. The van der Waals surface area contributed by atoms with Crippen molar-refractivity contribution in [2.75, 3.05) is 0 Å². The molecule has 0 aromatic carbocycles. The van der Waals surface area contributed by atoms with Crippen LogP contribution in [0.25, 0.3) is 0 Å². The van der Waals surface area contributed by atoms with E-state index in [4.69, 9.17) is 9.11 Å². The Morgan fingerprint density at radius 3 is 0.906 bits per heavy atom. The number of esters is 4. The SMILES string of the molecule is CCCCCCCC/C=C\CCCCCCCC(=O)OC(=O)C(CC(=O)[O-])S(=O)(=O)O.CCCCCCCC/C=C\CCCCCCCC(=O)OC(=O)C(CC(=O)[O-])S(=O)(=O)O.[Na+].[Na+]. The number of carboxylic acid groups (broad SMARTS) is 2. The largest absolute Gasteiger partial charge is 1.00 e. The van der Waals surface area contributed by atoms with E-state index in [-0.39, 0.29) is 72.0 Å². The molecular formula is C44H74Na2O16S2. The summed E-state index contributed by atoms with van der Waals surface area (Å²) in [5.41, 5.74) is 0. The molecule has 0 aromatic rings. The molecule has 16 nitrogen and oxygen atoms in total. The fourth-order valence-electron chi connectivity index (χ4n) is 6.06. The van der Waals surface area contributed by atoms with Crippen molar-refractivity contribution in [3.63, 3.8) is 0 Å². The van der Waals surface area contributed by atoms with Gasteiger partial charge in [0, 0.05) is 37.6 Å². The van der Waals surface area contributed by atoms with Crippen LogP contribution in [0.5, 0.6) is 0 Å². The summed E-state index contributed by atoms with van der Waals surface area (Å²) < 4.78 is 70.6. The summed E-state index contributed by atoms with van der Waals surface area (Å²) in [6.45, 7) is 4.43. The number of allylic oxidation sites excluding steroid dienone is 4. The van der Waals surface area contributed by atoms with Gasteiger partial charge in [0.15, 0.2) is 10.5 Å². The summed E-state index contributed by atoms with van der Waals surface area (Å²) in [5.74, 6) is -8.83. The Morgan fingerprint density at radius 1 is 0.438 bits per heavy atom. The molecule has 0 aliphatic heterocycles. The van der Waals surface area contributed by atoms with Crippen molar-refractivity contribution in [1.29, 1.82) is 0 Å². The van der Waals surface area contributed by atoms with Crippen LogP contribution in [0.3, 0.4) is 0 Å². The van der Waals surface area contributed by atoms with Crippen LogP contribution in [0.2, 0.25) is 0 Å². The maximum absolute atomic E-state index is 11.6. The zero-order valence-electron chi connectivity index (χ0n) is 39.1. The van der Waals surface area contributed by atoms with E-state index in [0.29, 0.717) is 12.8 Å². The predicted molar refractivity (Wildman–Crippen MR) is 231 cm³/mol. The Bertz CT molecular complexity index is 1440. The Morgan fingerprint density at radius 2 is 0.672 bits per heavy atom. The molecule has 2 unspecified atom stereocenters. The van der Waals surface area contributed by atoms with Gasteiger partial charge in [-0.2, -0.15) is 16.8 Å². The number of rotatable bonds is 38. The molecule has 2 N–H and O–H groups in total. The Kier molecular flexibility index (Phi) is 48.9. The Hall–Kier alpha value is -1.48. The molecule has 0 bridgehead atoms. The molecular weight excluding hydrogens is 895 g/mol. The summed E-state index contributed by atoms with van der Waals surface area (Å²) in [6, 6.07) is 0. The van der Waals surface area contributed by atoms with Crippen molar-refractivity contribution in [1.82, 2.24) is 0 Å². The second-order valence-electron chi connectivity index (χ2n) is 15.4. The molecule has 360 valence electrons. The van der Waals surface area contributed by atoms with Crippen LogP contribution < -0.4 is 69.3 Å². The molecule has 20 heteroatoms. The maximum atomic E-state index is 11.6. The van der Waals surface area contributed by atoms with Gasteiger partial charge in [-0.3, -0.25) is 28.3 Å². The van der Waals surface area contributed by atoms with E-state index in [9.17, 15) is 55.8 Å². The van der Waals surface area contributed by atoms with E-state index < -0.39 is 79.4 Å². The minimum absolute atomic E-state index is 0. The zero-order chi connectivity index (χ0) is 47.1. The normalized spacial score (nSPS) is 12.3. The molecule has 0 radical (unpaired) electrons. The molecule has 0 fully saturated rings. The number of carbonyl (C=O) groups excluding carboxylic acids is 6. The van der Waals surface area contributed by atoms with Crippen molar-refractivity contribution in [2.45, 2.75) is 217 Å². The van der Waals surface area contributed by atoms with Gasteiger partial charge in [0.05, 0.1) is 0 Å². The first-order chi connectivity index (χ1) is 29.4. The topological polar surface area (TPSA) is 276 Å². The van der Waals surface area contributed by atoms with Crippen molar-refractivity contribution >= 4 is 56.1 Å². The first-order valence-electron chi connectivity index (χ1n) is 22.5. The third-order valence-corrected chi connectivity index (χ3v) is 11.8. The number of ether oxygens (including phenoxy) is 2. The van der Waals surface area contributed by atoms with Gasteiger partial charge < -0.3 is 29.3 Å². The third kappa shape index (κ3) is 45.7. The average molecular weight is 969 g/mol. The Balaban J connectivity index is -0.000000545. The van der Waals surface area contributed by atoms with Crippen molar-refractivity contribution in [2.24, 2.45) is 0 Å². The minimum atomic E-state index is -5.01. The van der Waals surface area contributed by atoms with Crippen LogP contribution in [0.4, 0.5) is 0 Å². The average Bonchev–Trinajstić information content (AvgIpc) is 3.18. The molecule has 0 amide bonds. The fourth-order valence-corrected chi connectivity index (χ4v) is 7.34. The van der Waals surface area contributed by atoms with Gasteiger partial charge in [0.1, 0.15) is 0 Å². The number of hydrogen-bond acceptors (Lipinski definition) is 14. The number of aliphatic carboxylic acids is 2. The van der Waals surface area contributed by atoms with Gasteiger partial charge in [0.25, 0.3) is 20.2 Å². The standard InChI is InChI=1S/2C22H38O8S.2Na/c2*1-2-3-4-5-6-7-8-9-10-11-12-13-14-15-16-17-21(25)30-22(26)19(18-20(23)24)31(27,28)29;;/h2*9-10,19H,2-8,11-18H2,1H3,(H,23,24)(H,27,28,29);;/q;;2*+1/p-2/b2*10-9-;;. The smallest absolute Gasteiger partial charge is 0.550 e. The third-order valence-electron chi connectivity index (χ3n) is 9.66. The van der Waals surface area contributed by atoms with Crippen LogP contribution in [-0.4, -0.2) is 72.3 Å². The summed E-state index contributed by atoms with van der Waals surface area (Å²) in [5, 5.41) is 16.3. The molecule has 0 spiro atoms. The molecule has 2 atom stereocenters. The van der Waals surface area contributed by atoms with Crippen LogP contribution in [-0.2, 0) is 58.5 Å². The molecule has 0 heterocycles. The van der Waals surface area contributed by atoms with E-state index in [0.717, 1.165) is 77.0 Å². The van der Waals surface area contributed by atoms with E-state index in [1.807, 2.05) is 0 Å². The van der Waals surface area contributed by atoms with E-state index in [2.05, 4.69) is 47.6 Å². The van der Waals surface area contributed by atoms with Gasteiger partial charge in [0.2, 0.25) is 0 Å². The zero-order valence-corrected chi connectivity index (χ0v) is 44.7. The molecule has 0 rings (SSSR count). The molecule has 0 aromatic heterocycles. The molecule has 0 aliphatic carbocycles. The first-order valence-corrected chi connectivity index (χ1v) is 25.5. The van der Waals surface area contributed by atoms with Gasteiger partial charge >= 0.3 is 83.0 Å². The molecule has 0 aliphatic rings. The van der Waals surface area contributed by atoms with E-state index in [1.165, 1.54) is 77.0 Å². The van der Waals surface area contributed by atoms with E-state index in [1.54, 1.807) is 0 Å². The van der Waals surface area contributed by atoms with Gasteiger partial charge in [-0.15, -0.1) is 0 Å². The van der Waals surface area contributed by atoms with Crippen LogP contribution in [0.15, 0.2) is 24.3 Å². The monoisotopic (exact) mass is 968 g/mol. The predicted octanol–water partition coefficient (Wildman–Crippen LogP) is 0.988. The molecule has 0 saturated carbocycles. The number of hydrogen-bond donors (Lipinski definition) is 2. The Labute approximate surface area is 427 Å². The minimum Gasteiger partial charge on any atom is -0.550 e. The first kappa shape index (κ1) is 69.1. The summed E-state index contributed by atoms with van der Waals surface area (Å²) in [4.78, 5) is 67.4. The summed E-state index contributed by atoms with van der Waals surface area (Å²) >= 11 is 0. The number of carboxylic acids is 2. The maximum Gasteiger partial charge on any atom is 1.00 e. The van der Waals surface area contributed by atoms with Gasteiger partial charge in [-0.1, -0.05) is 141 Å². The quantitative estimate of drug-likeness (QED) is 0.0218. The van der Waals surface area contributed by atoms with E-state index >= 15 is 0 Å². The van der Waals surface area contributed by atoms with Crippen molar-refractivity contribution in [3.05, 3.63) is 24.3 Å². The summed E-state index contributed by atoms with van der Waals surface area (Å²) in [6.07, 6.45) is 34.6. The van der Waals surface area contributed by atoms with Crippen molar-refractivity contribution in [3.8, 4) is 0 Å². The van der Waals surface area contributed by atoms with Gasteiger partial charge in [-0.25, -0.2) is 0 Å².